The van der Waals surface area contributed by atoms with Gasteiger partial charge in [0.2, 0.25) is 0 Å². The predicted octanol–water partition coefficient (Wildman–Crippen LogP) is 3.04. The molecular weight excluding hydrogens is 304 g/mol. The van der Waals surface area contributed by atoms with Crippen molar-refractivity contribution in [2.45, 2.75) is 6.92 Å². The summed E-state index contributed by atoms with van der Waals surface area (Å²) >= 11 is 0. The zero-order valence-corrected chi connectivity index (χ0v) is 12.2. The fourth-order valence-electron chi connectivity index (χ4n) is 2.34. The molecule has 3 aromatic rings. The Balaban J connectivity index is 2.13. The van der Waals surface area contributed by atoms with Crippen LogP contribution in [0.5, 0.6) is 0 Å². The molecule has 0 radical (unpaired) electrons. The molecule has 2 aromatic heterocycles. The van der Waals surface area contributed by atoms with Gasteiger partial charge in [-0.1, -0.05) is 6.07 Å². The van der Waals surface area contributed by atoms with Crippen molar-refractivity contribution < 1.29 is 18.3 Å². The number of aromatic nitrogens is 2. The molecular formula is C16H13F2N3O2. The number of anilines is 1. The number of nitrogen functional groups attached to an aromatic ring is 1. The van der Waals surface area contributed by atoms with E-state index in [4.69, 9.17) is 10.5 Å². The lowest BCUT2D eigenvalue weighted by Crippen LogP contribution is -2.05. The van der Waals surface area contributed by atoms with Gasteiger partial charge in [0, 0.05) is 11.8 Å². The van der Waals surface area contributed by atoms with Crippen LogP contribution < -0.4 is 5.73 Å². The molecule has 118 valence electrons. The number of fused-ring (bicyclic) bond motifs is 1. The van der Waals surface area contributed by atoms with Crippen LogP contribution in [0.25, 0.3) is 16.6 Å². The Morgan fingerprint density at radius 2 is 2.09 bits per heavy atom. The predicted molar refractivity (Wildman–Crippen MR) is 80.9 cm³/mol. The molecule has 3 rings (SSSR count). The highest BCUT2D eigenvalue weighted by molar-refractivity contribution is 5.95. The topological polar surface area (TPSA) is 69.6 Å². The molecule has 5 nitrogen and oxygen atoms in total. The van der Waals surface area contributed by atoms with Crippen molar-refractivity contribution in [1.29, 1.82) is 0 Å². The van der Waals surface area contributed by atoms with Gasteiger partial charge in [-0.25, -0.2) is 18.6 Å². The Kier molecular flexibility index (Phi) is 3.69. The number of carbonyl (C=O) groups is 1. The number of pyridine rings is 1. The highest BCUT2D eigenvalue weighted by Crippen LogP contribution is 2.30. The van der Waals surface area contributed by atoms with Crippen molar-refractivity contribution in [3.8, 4) is 11.1 Å². The van der Waals surface area contributed by atoms with Gasteiger partial charge in [-0.3, -0.25) is 0 Å². The molecule has 2 N–H and O–H groups in total. The largest absolute Gasteiger partial charge is 0.461 e. The van der Waals surface area contributed by atoms with Crippen molar-refractivity contribution in [1.82, 2.24) is 9.38 Å². The minimum Gasteiger partial charge on any atom is -0.461 e. The van der Waals surface area contributed by atoms with Crippen LogP contribution in [0.1, 0.15) is 17.4 Å². The first-order valence-electron chi connectivity index (χ1n) is 6.90. The average Bonchev–Trinajstić information content (AvgIpc) is 2.95. The molecule has 1 aromatic carbocycles. The fourth-order valence-corrected chi connectivity index (χ4v) is 2.34. The van der Waals surface area contributed by atoms with Crippen LogP contribution in [0.3, 0.4) is 0 Å². The Morgan fingerprint density at radius 3 is 2.83 bits per heavy atom. The number of rotatable bonds is 3. The highest BCUT2D eigenvalue weighted by Gasteiger charge is 2.18. The smallest absolute Gasteiger partial charge is 0.359 e. The van der Waals surface area contributed by atoms with E-state index in [1.165, 1.54) is 29.1 Å². The third-order valence-corrected chi connectivity index (χ3v) is 3.41. The maximum atomic E-state index is 14.1. The lowest BCUT2D eigenvalue weighted by Gasteiger charge is -2.08. The van der Waals surface area contributed by atoms with Crippen molar-refractivity contribution in [2.24, 2.45) is 0 Å². The monoisotopic (exact) mass is 317 g/mol. The number of imidazole rings is 1. The molecule has 0 spiro atoms. The normalized spacial score (nSPS) is 10.9. The van der Waals surface area contributed by atoms with Crippen LogP contribution >= 0.6 is 0 Å². The second-order valence-corrected chi connectivity index (χ2v) is 4.85. The van der Waals surface area contributed by atoms with Gasteiger partial charge in [-0.2, -0.15) is 0 Å². The Hall–Kier alpha value is -2.96. The number of hydrogen-bond acceptors (Lipinski definition) is 4. The first kappa shape index (κ1) is 15.0. The summed E-state index contributed by atoms with van der Waals surface area (Å²) in [6, 6.07) is 5.33. The average molecular weight is 317 g/mol. The molecule has 23 heavy (non-hydrogen) atoms. The molecule has 0 aliphatic carbocycles. The van der Waals surface area contributed by atoms with Gasteiger partial charge in [0.05, 0.1) is 23.4 Å². The number of hydrogen-bond donors (Lipinski definition) is 1. The number of ether oxygens (including phenoxy) is 1. The standard InChI is InChI=1S/C16H13F2N3O2/c1-2-23-16(22)15-12-6-3-9(7-21(12)8-20-15)13-10(17)4-5-11(19)14(13)18/h3-8H,2,19H2,1H3. The fraction of sp³-hybridized carbons (Fsp3) is 0.125. The summed E-state index contributed by atoms with van der Waals surface area (Å²) in [6.45, 7) is 1.93. The van der Waals surface area contributed by atoms with Crippen LogP contribution in [0, 0.1) is 11.6 Å². The molecule has 0 amide bonds. The van der Waals surface area contributed by atoms with Crippen molar-refractivity contribution in [2.75, 3.05) is 12.3 Å². The first-order chi connectivity index (χ1) is 11.0. The van der Waals surface area contributed by atoms with E-state index in [-0.39, 0.29) is 29.1 Å². The minimum atomic E-state index is -0.824. The minimum absolute atomic E-state index is 0.139. The molecule has 0 atom stereocenters. The number of esters is 1. The van der Waals surface area contributed by atoms with Crippen LogP contribution in [0.2, 0.25) is 0 Å². The zero-order valence-electron chi connectivity index (χ0n) is 12.2. The zero-order chi connectivity index (χ0) is 16.6. The Morgan fingerprint density at radius 1 is 1.30 bits per heavy atom. The molecule has 2 heterocycles. The summed E-state index contributed by atoms with van der Waals surface area (Å²) < 4.78 is 34.5. The van der Waals surface area contributed by atoms with Gasteiger partial charge in [-0.15, -0.1) is 0 Å². The molecule has 0 saturated heterocycles. The van der Waals surface area contributed by atoms with Crippen LogP contribution in [0.4, 0.5) is 14.5 Å². The summed E-state index contributed by atoms with van der Waals surface area (Å²) in [7, 11) is 0. The van der Waals surface area contributed by atoms with Crippen molar-refractivity contribution in [3.05, 3.63) is 54.1 Å². The van der Waals surface area contributed by atoms with Gasteiger partial charge in [0.25, 0.3) is 0 Å². The van der Waals surface area contributed by atoms with E-state index in [1.807, 2.05) is 0 Å². The first-order valence-corrected chi connectivity index (χ1v) is 6.90. The number of carbonyl (C=O) groups excluding carboxylic acids is 1. The van der Waals surface area contributed by atoms with E-state index in [0.29, 0.717) is 5.52 Å². The van der Waals surface area contributed by atoms with E-state index in [9.17, 15) is 13.6 Å². The molecule has 7 heteroatoms. The Labute approximate surface area is 130 Å². The molecule has 0 bridgehead atoms. The second-order valence-electron chi connectivity index (χ2n) is 4.85. The number of nitrogens with two attached hydrogens (primary N) is 1. The number of benzene rings is 1. The van der Waals surface area contributed by atoms with E-state index < -0.39 is 17.6 Å². The molecule has 0 saturated carbocycles. The van der Waals surface area contributed by atoms with Crippen LogP contribution in [0.15, 0.2) is 36.8 Å². The maximum absolute atomic E-state index is 14.1. The second kappa shape index (κ2) is 5.68. The van der Waals surface area contributed by atoms with Gasteiger partial charge in [-0.05, 0) is 25.1 Å². The highest BCUT2D eigenvalue weighted by atomic mass is 19.1. The van der Waals surface area contributed by atoms with Gasteiger partial charge in [0.15, 0.2) is 11.5 Å². The quantitative estimate of drug-likeness (QED) is 0.595. The van der Waals surface area contributed by atoms with Gasteiger partial charge >= 0.3 is 5.97 Å². The van der Waals surface area contributed by atoms with E-state index in [0.717, 1.165) is 6.07 Å². The van der Waals surface area contributed by atoms with Gasteiger partial charge in [0.1, 0.15) is 12.1 Å². The van der Waals surface area contributed by atoms with E-state index in [1.54, 1.807) is 13.0 Å². The van der Waals surface area contributed by atoms with Crippen molar-refractivity contribution >= 4 is 17.2 Å². The van der Waals surface area contributed by atoms with Crippen molar-refractivity contribution in [3.63, 3.8) is 0 Å². The molecule has 0 fully saturated rings. The molecule has 0 unspecified atom stereocenters. The number of nitrogens with zero attached hydrogens (tertiary/aromatic N) is 2. The maximum Gasteiger partial charge on any atom is 0.359 e. The lowest BCUT2D eigenvalue weighted by molar-refractivity contribution is 0.0522. The summed E-state index contributed by atoms with van der Waals surface area (Å²) in [5, 5.41) is 0. The van der Waals surface area contributed by atoms with Gasteiger partial charge < -0.3 is 14.9 Å². The lowest BCUT2D eigenvalue weighted by atomic mass is 10.1. The number of halogens is 2. The third-order valence-electron chi connectivity index (χ3n) is 3.41. The summed E-state index contributed by atoms with van der Waals surface area (Å²) in [6.07, 6.45) is 2.86. The third kappa shape index (κ3) is 2.50. The summed E-state index contributed by atoms with van der Waals surface area (Å²) in [4.78, 5) is 15.8. The summed E-state index contributed by atoms with van der Waals surface area (Å²) in [5.41, 5.74) is 6.04. The molecule has 0 aliphatic rings. The Bertz CT molecular complexity index is 906. The van der Waals surface area contributed by atoms with E-state index in [2.05, 4.69) is 4.98 Å². The SMILES string of the molecule is CCOC(=O)c1ncn2cc(-c3c(F)ccc(N)c3F)ccc12. The molecule has 0 aliphatic heterocycles. The van der Waals surface area contributed by atoms with Crippen LogP contribution in [-0.4, -0.2) is 22.0 Å². The van der Waals surface area contributed by atoms with Crippen LogP contribution in [-0.2, 0) is 4.74 Å². The van der Waals surface area contributed by atoms with E-state index >= 15 is 0 Å². The summed E-state index contributed by atoms with van der Waals surface area (Å²) in [5.74, 6) is -2.10.